The van der Waals surface area contributed by atoms with Gasteiger partial charge in [-0.2, -0.15) is 9.59 Å². The predicted octanol–water partition coefficient (Wildman–Crippen LogP) is 13.5. The van der Waals surface area contributed by atoms with E-state index in [-0.39, 0.29) is 64.3 Å². The molecule has 3 aliphatic heterocycles. The molecule has 4 fully saturated rings. The molecule has 7 aromatic rings. The Kier molecular flexibility index (Phi) is 23.0. The number of fused-ring (bicyclic) bond motifs is 3. The fraction of sp³-hybridized carbons (Fsp3) is 0.474. The summed E-state index contributed by atoms with van der Waals surface area (Å²) < 4.78 is 25.5. The van der Waals surface area contributed by atoms with E-state index in [1.54, 1.807) is 33.7 Å². The van der Waals surface area contributed by atoms with Crippen LogP contribution in [0.25, 0.3) is 0 Å². The zero-order chi connectivity index (χ0) is 74.8. The number of hydrogen-bond acceptors (Lipinski definition) is 15. The predicted molar refractivity (Wildman–Crippen MR) is 395 cm³/mol. The van der Waals surface area contributed by atoms with Crippen LogP contribution in [-0.4, -0.2) is 146 Å². The lowest BCUT2D eigenvalue weighted by molar-refractivity contribution is -0.191. The summed E-state index contributed by atoms with van der Waals surface area (Å²) in [4.78, 5) is 115. The largest absolute Gasteiger partial charge is 0.444 e. The van der Waals surface area contributed by atoms with E-state index in [1.807, 2.05) is 155 Å². The number of amides is 6. The second kappa shape index (κ2) is 30.7. The summed E-state index contributed by atoms with van der Waals surface area (Å²) in [6.45, 7) is 23.0. The molecule has 0 unspecified atom stereocenters. The number of aromatic nitrogens is 6. The number of imidazole rings is 3. The number of nitrogens with two attached hydrogens (primary N) is 1. The van der Waals surface area contributed by atoms with Crippen LogP contribution in [0.4, 0.5) is 14.4 Å². The summed E-state index contributed by atoms with van der Waals surface area (Å²) >= 11 is 10.5. The second-order valence-electron chi connectivity index (χ2n) is 30.4. The van der Waals surface area contributed by atoms with Gasteiger partial charge < -0.3 is 63.5 Å². The van der Waals surface area contributed by atoms with Gasteiger partial charge in [0.25, 0.3) is 17.7 Å². The smallest absolute Gasteiger partial charge is 0.410 e. The van der Waals surface area contributed by atoms with Crippen LogP contribution in [0.2, 0.25) is 0 Å². The first-order chi connectivity index (χ1) is 48.5. The Hall–Kier alpha value is -8.49. The third-order valence-corrected chi connectivity index (χ3v) is 20.7. The lowest BCUT2D eigenvalue weighted by Gasteiger charge is -2.32. The maximum Gasteiger partial charge on any atom is 0.410 e. The summed E-state index contributed by atoms with van der Waals surface area (Å²) in [6, 6.07) is 32.8. The molecule has 3 N–H and O–H groups in total. The topological polar surface area (TPSA) is 272 Å². The molecular formula is C76H92Br3N13O11. The van der Waals surface area contributed by atoms with Crippen LogP contribution >= 0.6 is 47.8 Å². The highest BCUT2D eigenvalue weighted by atomic mass is 79.9. The fourth-order valence-corrected chi connectivity index (χ4v) is 14.1. The number of halogens is 3. The Morgan fingerprint density at radius 1 is 0.476 bits per heavy atom. The molecule has 103 heavy (non-hydrogen) atoms. The van der Waals surface area contributed by atoms with Crippen molar-refractivity contribution in [2.24, 2.45) is 5.73 Å². The first-order valence-electron chi connectivity index (χ1n) is 34.6. The third kappa shape index (κ3) is 18.5. The number of aryl methyl sites for hydroxylation is 1. The minimum Gasteiger partial charge on any atom is -0.444 e. The maximum atomic E-state index is 13.4. The standard InChI is InChI=1S/C23H30N4O3.C22H27BrN4O3.C21H25BrN4O3.C9H10BrN.CO2/c1-16-7-6-8-17(13-16)23(9-10-23)25(5)20(28)19-18-14-26(11-12-27(18)15-24-19)21(29)30-22(2,3)4;1-21(2,3)30-20(29)26-10-11-27-14-24-18(17(27)13-26)19(28)25(4)22(8-9-22)15-6-5-7-16(23)12-15;1-20(2,3)29-19(28)25-9-10-26-13-23-17(16(26)12-25)18(27)24-21(7-8-21)14-5-4-6-15(22)11-14;10-8-3-1-2-7(6-8)9(11)4-5-9;2-1-3/h6-8,13,15H,9-12,14H2,1-5H3;5-7,12,14H,8-11,13H2,1-4H3;4-6,11,13H,7-10,12H2,1-3H3,(H,24,27);1-3,6H,4-5,11H2;. The van der Waals surface area contributed by atoms with E-state index in [2.05, 4.69) is 117 Å². The number of ether oxygens (including phenoxy) is 3. The van der Waals surface area contributed by atoms with E-state index in [4.69, 9.17) is 29.5 Å². The minimum absolute atomic E-state index is 0.00375. The molecule has 0 atom stereocenters. The Balaban J connectivity index is 0.000000151. The van der Waals surface area contributed by atoms with Gasteiger partial charge in [0.1, 0.15) is 16.8 Å². The van der Waals surface area contributed by atoms with Crippen LogP contribution in [-0.2, 0) is 85.2 Å². The number of rotatable bonds is 10. The van der Waals surface area contributed by atoms with Crippen LogP contribution in [0.3, 0.4) is 0 Å². The first-order valence-corrected chi connectivity index (χ1v) is 37.0. The molecule has 3 aromatic heterocycles. The average molecular weight is 1600 g/mol. The van der Waals surface area contributed by atoms with Gasteiger partial charge >= 0.3 is 24.4 Å². The van der Waals surface area contributed by atoms with E-state index in [0.717, 1.165) is 93.0 Å². The van der Waals surface area contributed by atoms with Crippen molar-refractivity contribution >= 4 is 89.9 Å². The maximum absolute atomic E-state index is 13.4. The molecule has 6 heterocycles. The number of benzene rings is 4. The number of nitrogens with one attached hydrogen (secondary N) is 1. The van der Waals surface area contributed by atoms with Gasteiger partial charge in [0.05, 0.1) is 72.3 Å². The molecule has 0 saturated heterocycles. The first kappa shape index (κ1) is 77.1. The van der Waals surface area contributed by atoms with Gasteiger partial charge in [-0.3, -0.25) is 14.4 Å². The van der Waals surface area contributed by atoms with Crippen LogP contribution < -0.4 is 11.1 Å². The third-order valence-electron chi connectivity index (χ3n) is 19.2. The van der Waals surface area contributed by atoms with Crippen molar-refractivity contribution in [1.29, 1.82) is 0 Å². The van der Waals surface area contributed by atoms with Crippen molar-refractivity contribution in [1.82, 2.24) is 58.5 Å². The lowest BCUT2D eigenvalue weighted by Crippen LogP contribution is -2.42. The summed E-state index contributed by atoms with van der Waals surface area (Å²) in [5, 5.41) is 3.18. The van der Waals surface area contributed by atoms with E-state index in [0.29, 0.717) is 76.0 Å². The van der Waals surface area contributed by atoms with E-state index >= 15 is 0 Å². The summed E-state index contributed by atoms with van der Waals surface area (Å²) in [7, 11) is 3.70. The average Bonchev–Trinajstić information content (AvgIpc) is 1.59. The van der Waals surface area contributed by atoms with Crippen molar-refractivity contribution < 1.29 is 52.6 Å². The van der Waals surface area contributed by atoms with Gasteiger partial charge in [-0.05, 0) is 179 Å². The van der Waals surface area contributed by atoms with Crippen LogP contribution in [0.1, 0.15) is 190 Å². The van der Waals surface area contributed by atoms with Crippen molar-refractivity contribution in [2.75, 3.05) is 33.7 Å². The quantitative estimate of drug-likeness (QED) is 0.120. The number of hydrogen-bond donors (Lipinski definition) is 2. The number of carbonyl (C=O) groups excluding carboxylic acids is 8. The second-order valence-corrected chi connectivity index (χ2v) is 33.1. The van der Waals surface area contributed by atoms with Gasteiger partial charge in [-0.15, -0.1) is 0 Å². The van der Waals surface area contributed by atoms with Crippen LogP contribution in [0.15, 0.2) is 129 Å². The molecule has 0 radical (unpaired) electrons. The molecule has 4 aliphatic carbocycles. The Morgan fingerprint density at radius 3 is 1.16 bits per heavy atom. The Bertz CT molecular complexity index is 4190. The van der Waals surface area contributed by atoms with Crippen LogP contribution in [0, 0.1) is 6.92 Å². The van der Waals surface area contributed by atoms with Gasteiger partial charge in [-0.25, -0.2) is 29.3 Å². The van der Waals surface area contributed by atoms with E-state index < -0.39 is 16.8 Å². The SMILES string of the molecule is CC(C)(C)OC(=O)N1CCn2cnc(C(=O)NC3(c4cccc(Br)c4)CC3)c2C1.CN(C(=O)c1ncn2c1CN(C(=O)OC(C)(C)C)CC2)C1(c2cccc(Br)c2)CC1.Cc1cccc(C2(N(C)C(=O)c3ncn4c3CN(C(=O)OC(C)(C)C)CC4)CC2)c1.NC1(c2cccc(Br)c2)CC1.O=C=O. The Morgan fingerprint density at radius 2 is 0.806 bits per heavy atom. The van der Waals surface area contributed by atoms with Gasteiger partial charge in [-0.1, -0.05) is 114 Å². The molecular weight excluding hydrogens is 1510 g/mol. The molecule has 7 aliphatic rings. The molecule has 6 amide bonds. The summed E-state index contributed by atoms with van der Waals surface area (Å²) in [5.74, 6) is -0.427. The van der Waals surface area contributed by atoms with Gasteiger partial charge in [0.2, 0.25) is 0 Å². The highest BCUT2D eigenvalue weighted by molar-refractivity contribution is 9.11. The highest BCUT2D eigenvalue weighted by Crippen LogP contribution is 2.53. The molecule has 0 spiro atoms. The van der Waals surface area contributed by atoms with E-state index in [1.165, 1.54) is 16.7 Å². The molecule has 548 valence electrons. The molecule has 24 nitrogen and oxygen atoms in total. The molecule has 4 aromatic carbocycles. The van der Waals surface area contributed by atoms with Gasteiger partial charge in [0.15, 0.2) is 17.1 Å². The molecule has 0 bridgehead atoms. The molecule has 27 heteroatoms. The van der Waals surface area contributed by atoms with Gasteiger partial charge in [0, 0.05) is 72.3 Å². The Labute approximate surface area is 626 Å². The normalized spacial score (nSPS) is 17.2. The van der Waals surface area contributed by atoms with Crippen molar-refractivity contribution in [2.45, 2.75) is 199 Å². The molecule has 14 rings (SSSR count). The zero-order valence-corrected chi connectivity index (χ0v) is 65.4. The number of nitrogens with zero attached hydrogens (tertiary/aromatic N) is 11. The van der Waals surface area contributed by atoms with Crippen molar-refractivity contribution in [3.63, 3.8) is 0 Å². The summed E-state index contributed by atoms with van der Waals surface area (Å²) in [5.41, 5.74) is 12.7. The zero-order valence-electron chi connectivity index (χ0n) is 60.6. The monoisotopic (exact) mass is 1600 g/mol. The van der Waals surface area contributed by atoms with Crippen molar-refractivity contribution in [3.05, 3.63) is 191 Å². The minimum atomic E-state index is -0.560. The number of carbonyl (C=O) groups is 6. The summed E-state index contributed by atoms with van der Waals surface area (Å²) in [6.07, 6.45) is 12.0. The van der Waals surface area contributed by atoms with Crippen molar-refractivity contribution in [3.8, 4) is 0 Å². The highest BCUT2D eigenvalue weighted by Gasteiger charge is 2.53. The lowest BCUT2D eigenvalue weighted by atomic mass is 10.0. The fourth-order valence-electron chi connectivity index (χ4n) is 12.9. The molecule has 4 saturated carbocycles. The van der Waals surface area contributed by atoms with Crippen LogP contribution in [0.5, 0.6) is 0 Å². The van der Waals surface area contributed by atoms with E-state index in [9.17, 15) is 28.8 Å².